The summed E-state index contributed by atoms with van der Waals surface area (Å²) in [5, 5.41) is 12.3. The van der Waals surface area contributed by atoms with Gasteiger partial charge in [0.25, 0.3) is 11.2 Å². The van der Waals surface area contributed by atoms with Crippen LogP contribution >= 0.6 is 11.8 Å². The van der Waals surface area contributed by atoms with Gasteiger partial charge >= 0.3 is 0 Å². The fourth-order valence-electron chi connectivity index (χ4n) is 2.76. The molecule has 0 amide bonds. The predicted molar refractivity (Wildman–Crippen MR) is 110 cm³/mol. The van der Waals surface area contributed by atoms with Crippen LogP contribution in [-0.4, -0.2) is 29.9 Å². The van der Waals surface area contributed by atoms with E-state index in [4.69, 9.17) is 0 Å². The Morgan fingerprint density at radius 1 is 1.24 bits per heavy atom. The van der Waals surface area contributed by atoms with Crippen molar-refractivity contribution in [3.63, 3.8) is 0 Å². The van der Waals surface area contributed by atoms with Crippen molar-refractivity contribution in [1.82, 2.24) is 14.3 Å². The van der Waals surface area contributed by atoms with Crippen LogP contribution in [-0.2, 0) is 16.6 Å². The molecule has 3 aromatic rings. The summed E-state index contributed by atoms with van der Waals surface area (Å²) in [6, 6.07) is 10.5. The van der Waals surface area contributed by atoms with Gasteiger partial charge in [0.2, 0.25) is 10.0 Å². The number of nitrogens with zero attached hydrogens (tertiary/aromatic N) is 3. The van der Waals surface area contributed by atoms with Gasteiger partial charge in [-0.15, -0.1) is 0 Å². The Kier molecular flexibility index (Phi) is 6.01. The molecule has 0 aliphatic carbocycles. The molecule has 0 radical (unpaired) electrons. The highest BCUT2D eigenvalue weighted by atomic mass is 32.2. The van der Waals surface area contributed by atoms with Crippen molar-refractivity contribution in [2.24, 2.45) is 0 Å². The Bertz CT molecular complexity index is 1250. The minimum atomic E-state index is -3.83. The number of sulfonamides is 1. The highest BCUT2D eigenvalue weighted by molar-refractivity contribution is 7.99. The third-order valence-electron chi connectivity index (χ3n) is 4.18. The maximum atomic E-state index is 12.9. The van der Waals surface area contributed by atoms with E-state index in [1.807, 2.05) is 6.92 Å². The molecule has 0 unspecified atom stereocenters. The van der Waals surface area contributed by atoms with Gasteiger partial charge in [0, 0.05) is 12.6 Å². The van der Waals surface area contributed by atoms with Crippen LogP contribution in [0.25, 0.3) is 10.9 Å². The van der Waals surface area contributed by atoms with Crippen LogP contribution in [0.5, 0.6) is 0 Å². The molecule has 2 aromatic carbocycles. The lowest BCUT2D eigenvalue weighted by atomic mass is 10.2. The summed E-state index contributed by atoms with van der Waals surface area (Å²) in [5.41, 5.74) is -0.113. The highest BCUT2D eigenvalue weighted by Crippen LogP contribution is 2.35. The first-order valence-corrected chi connectivity index (χ1v) is 11.0. The number of hydrogen-bond donors (Lipinski definition) is 1. The Morgan fingerprint density at radius 2 is 1.97 bits per heavy atom. The molecule has 0 saturated heterocycles. The zero-order valence-electron chi connectivity index (χ0n) is 15.7. The molecule has 1 heterocycles. The van der Waals surface area contributed by atoms with Crippen LogP contribution in [0.2, 0.25) is 0 Å². The summed E-state index contributed by atoms with van der Waals surface area (Å²) in [6.07, 6.45) is 0.676. The lowest BCUT2D eigenvalue weighted by molar-refractivity contribution is -0.388. The average molecular weight is 434 g/mol. The maximum absolute atomic E-state index is 12.9. The number of nitrogens with one attached hydrogen (secondary N) is 1. The van der Waals surface area contributed by atoms with E-state index < -0.39 is 14.9 Å². The minimum Gasteiger partial charge on any atom is -0.287 e. The van der Waals surface area contributed by atoms with Crippen molar-refractivity contribution in [3.8, 4) is 0 Å². The Labute approximate surface area is 171 Å². The molecule has 1 N–H and O–H groups in total. The zero-order chi connectivity index (χ0) is 21.2. The molecule has 0 fully saturated rings. The van der Waals surface area contributed by atoms with Gasteiger partial charge in [0.15, 0.2) is 5.16 Å². The summed E-state index contributed by atoms with van der Waals surface area (Å²) in [7, 11) is -2.60. The van der Waals surface area contributed by atoms with E-state index in [0.29, 0.717) is 29.0 Å². The van der Waals surface area contributed by atoms with Crippen LogP contribution < -0.4 is 10.3 Å². The van der Waals surface area contributed by atoms with E-state index in [-0.39, 0.29) is 21.0 Å². The molecule has 0 spiro atoms. The lowest BCUT2D eigenvalue weighted by Gasteiger charge is -2.12. The molecule has 9 nitrogen and oxygen atoms in total. The number of benzene rings is 2. The molecule has 0 aliphatic heterocycles. The standard InChI is InChI=1S/C18H18N4O5S2/c1-3-10-21-17(23)13-6-4-5-7-14(13)20-18(21)28-16-9-8-12(29(26,27)19-2)11-15(16)22(24)25/h4-9,11,19H,3,10H2,1-2H3. The van der Waals surface area contributed by atoms with E-state index in [0.717, 1.165) is 17.8 Å². The molecule has 0 aliphatic rings. The SMILES string of the molecule is CCCn1c(Sc2ccc(S(=O)(=O)NC)cc2[N+](=O)[O-])nc2ccccc2c1=O. The monoisotopic (exact) mass is 434 g/mol. The Hall–Kier alpha value is -2.76. The van der Waals surface area contributed by atoms with Gasteiger partial charge < -0.3 is 0 Å². The smallest absolute Gasteiger partial charge is 0.284 e. The fourth-order valence-corrected chi connectivity index (χ4v) is 4.50. The number of para-hydroxylation sites is 1. The van der Waals surface area contributed by atoms with Gasteiger partial charge in [0.1, 0.15) is 0 Å². The van der Waals surface area contributed by atoms with Gasteiger partial charge in [-0.3, -0.25) is 19.5 Å². The summed E-state index contributed by atoms with van der Waals surface area (Å²) >= 11 is 0.960. The van der Waals surface area contributed by atoms with E-state index in [1.165, 1.54) is 23.7 Å². The van der Waals surface area contributed by atoms with Crippen molar-refractivity contribution in [2.45, 2.75) is 34.8 Å². The summed E-state index contributed by atoms with van der Waals surface area (Å²) < 4.78 is 27.6. The van der Waals surface area contributed by atoms with E-state index in [1.54, 1.807) is 24.3 Å². The number of nitro benzene ring substituents is 1. The van der Waals surface area contributed by atoms with Crippen LogP contribution in [0.3, 0.4) is 0 Å². The topological polar surface area (TPSA) is 124 Å². The summed E-state index contributed by atoms with van der Waals surface area (Å²) in [6.45, 7) is 2.31. The van der Waals surface area contributed by atoms with Crippen LogP contribution in [0.4, 0.5) is 5.69 Å². The second kappa shape index (κ2) is 8.31. The van der Waals surface area contributed by atoms with Gasteiger partial charge in [-0.2, -0.15) is 0 Å². The number of rotatable bonds is 7. The molecule has 0 atom stereocenters. The first-order valence-electron chi connectivity index (χ1n) is 8.68. The van der Waals surface area contributed by atoms with Gasteiger partial charge in [-0.05, 0) is 49.5 Å². The predicted octanol–water partition coefficient (Wildman–Crippen LogP) is 2.77. The Balaban J connectivity index is 2.17. The van der Waals surface area contributed by atoms with Crippen molar-refractivity contribution in [1.29, 1.82) is 0 Å². The third-order valence-corrected chi connectivity index (χ3v) is 6.65. The second-order valence-electron chi connectivity index (χ2n) is 6.06. The van der Waals surface area contributed by atoms with Crippen LogP contribution in [0, 0.1) is 10.1 Å². The average Bonchev–Trinajstić information content (AvgIpc) is 2.71. The molecule has 29 heavy (non-hydrogen) atoms. The summed E-state index contributed by atoms with van der Waals surface area (Å²) in [5.74, 6) is 0. The highest BCUT2D eigenvalue weighted by Gasteiger charge is 2.23. The minimum absolute atomic E-state index is 0.192. The number of hydrogen-bond acceptors (Lipinski definition) is 7. The molecule has 3 rings (SSSR count). The molecular weight excluding hydrogens is 416 g/mol. The molecule has 0 bridgehead atoms. The fraction of sp³-hybridized carbons (Fsp3) is 0.222. The second-order valence-corrected chi connectivity index (χ2v) is 8.96. The number of nitro groups is 1. The van der Waals surface area contributed by atoms with Crippen molar-refractivity contribution in [2.75, 3.05) is 7.05 Å². The molecule has 152 valence electrons. The Morgan fingerprint density at radius 3 is 2.62 bits per heavy atom. The van der Waals surface area contributed by atoms with Gasteiger partial charge in [0.05, 0.1) is 25.6 Å². The molecule has 11 heteroatoms. The van der Waals surface area contributed by atoms with Crippen molar-refractivity contribution >= 4 is 38.4 Å². The third kappa shape index (κ3) is 4.16. The first kappa shape index (κ1) is 21.0. The van der Waals surface area contributed by atoms with Crippen LogP contribution in [0.15, 0.2) is 62.2 Å². The van der Waals surface area contributed by atoms with Crippen LogP contribution in [0.1, 0.15) is 13.3 Å². The maximum Gasteiger partial charge on any atom is 0.284 e. The van der Waals surface area contributed by atoms with E-state index in [2.05, 4.69) is 9.71 Å². The van der Waals surface area contributed by atoms with Gasteiger partial charge in [-0.1, -0.05) is 19.1 Å². The van der Waals surface area contributed by atoms with Crippen molar-refractivity contribution < 1.29 is 13.3 Å². The first-order chi connectivity index (χ1) is 13.8. The number of fused-ring (bicyclic) bond motifs is 1. The molecule has 1 aromatic heterocycles. The lowest BCUT2D eigenvalue weighted by Crippen LogP contribution is -2.23. The molecule has 0 saturated carbocycles. The largest absolute Gasteiger partial charge is 0.287 e. The van der Waals surface area contributed by atoms with Gasteiger partial charge in [-0.25, -0.2) is 18.1 Å². The van der Waals surface area contributed by atoms with Crippen molar-refractivity contribution in [3.05, 3.63) is 62.9 Å². The number of aromatic nitrogens is 2. The van der Waals surface area contributed by atoms with E-state index >= 15 is 0 Å². The summed E-state index contributed by atoms with van der Waals surface area (Å²) in [4.78, 5) is 28.3. The zero-order valence-corrected chi connectivity index (χ0v) is 17.3. The quantitative estimate of drug-likeness (QED) is 0.344. The molecular formula is C18H18N4O5S2. The van der Waals surface area contributed by atoms with E-state index in [9.17, 15) is 23.3 Å². The normalized spacial score (nSPS) is 11.7.